The van der Waals surface area contributed by atoms with Gasteiger partial charge in [0.15, 0.2) is 0 Å². The van der Waals surface area contributed by atoms with Crippen LogP contribution in [0.1, 0.15) is 18.6 Å². The molecule has 0 fully saturated rings. The van der Waals surface area contributed by atoms with Crippen LogP contribution in [0, 0.1) is 5.82 Å². The third-order valence-electron chi connectivity index (χ3n) is 2.74. The zero-order valence-electron chi connectivity index (χ0n) is 10.5. The molecule has 0 aromatic heterocycles. The van der Waals surface area contributed by atoms with Gasteiger partial charge in [-0.1, -0.05) is 34.1 Å². The Morgan fingerprint density at radius 3 is 2.42 bits per heavy atom. The molecule has 0 aliphatic carbocycles. The van der Waals surface area contributed by atoms with E-state index in [1.807, 2.05) is 31.2 Å². The first-order valence-corrected chi connectivity index (χ1v) is 6.79. The Hall–Kier alpha value is -1.39. The third-order valence-corrected chi connectivity index (χ3v) is 3.26. The van der Waals surface area contributed by atoms with Crippen LogP contribution in [0.25, 0.3) is 0 Å². The second-order valence-electron chi connectivity index (χ2n) is 4.41. The van der Waals surface area contributed by atoms with Gasteiger partial charge in [0.1, 0.15) is 17.7 Å². The smallest absolute Gasteiger partial charge is 0.138 e. The Morgan fingerprint density at radius 1 is 1.16 bits per heavy atom. The highest BCUT2D eigenvalue weighted by molar-refractivity contribution is 9.10. The summed E-state index contributed by atoms with van der Waals surface area (Å²) in [5, 5.41) is 0. The Morgan fingerprint density at radius 2 is 1.84 bits per heavy atom. The maximum atomic E-state index is 13.2. The van der Waals surface area contributed by atoms with E-state index in [2.05, 4.69) is 15.9 Å². The van der Waals surface area contributed by atoms with E-state index >= 15 is 0 Å². The molecule has 0 bridgehead atoms. The molecule has 100 valence electrons. The average molecular weight is 324 g/mol. The fourth-order valence-corrected chi connectivity index (χ4v) is 2.08. The summed E-state index contributed by atoms with van der Waals surface area (Å²) >= 11 is 3.39. The molecular weight excluding hydrogens is 309 g/mol. The van der Waals surface area contributed by atoms with Crippen LogP contribution in [0.2, 0.25) is 0 Å². The lowest BCUT2D eigenvalue weighted by Crippen LogP contribution is -2.29. The molecule has 2 nitrogen and oxygen atoms in total. The number of halogens is 2. The van der Waals surface area contributed by atoms with Crippen molar-refractivity contribution in [2.24, 2.45) is 5.73 Å². The van der Waals surface area contributed by atoms with E-state index in [1.54, 1.807) is 12.1 Å². The number of ether oxygens (including phenoxy) is 1. The van der Waals surface area contributed by atoms with Crippen molar-refractivity contribution in [3.05, 3.63) is 64.4 Å². The van der Waals surface area contributed by atoms with Crippen molar-refractivity contribution in [3.8, 4) is 5.75 Å². The van der Waals surface area contributed by atoms with Crippen molar-refractivity contribution in [2.45, 2.75) is 19.1 Å². The molecule has 0 aliphatic heterocycles. The zero-order chi connectivity index (χ0) is 13.8. The minimum absolute atomic E-state index is 0.204. The number of benzene rings is 2. The largest absolute Gasteiger partial charge is 0.484 e. The quantitative estimate of drug-likeness (QED) is 0.921. The summed E-state index contributed by atoms with van der Waals surface area (Å²) in [6.07, 6.45) is -0.310. The van der Waals surface area contributed by atoms with E-state index in [9.17, 15) is 4.39 Å². The van der Waals surface area contributed by atoms with E-state index in [1.165, 1.54) is 12.1 Å². The van der Waals surface area contributed by atoms with Gasteiger partial charge in [-0.2, -0.15) is 0 Å². The molecular formula is C15H15BrFNO. The molecule has 2 atom stereocenters. The van der Waals surface area contributed by atoms with Crippen molar-refractivity contribution in [1.82, 2.24) is 0 Å². The summed E-state index contributed by atoms with van der Waals surface area (Å²) < 4.78 is 20.0. The Labute approximate surface area is 120 Å². The summed E-state index contributed by atoms with van der Waals surface area (Å²) in [6, 6.07) is 13.6. The van der Waals surface area contributed by atoms with Crippen molar-refractivity contribution < 1.29 is 9.13 Å². The first-order valence-electron chi connectivity index (χ1n) is 5.99. The second-order valence-corrected chi connectivity index (χ2v) is 5.32. The Bertz CT molecular complexity index is 542. The highest BCUT2D eigenvalue weighted by Crippen LogP contribution is 2.25. The van der Waals surface area contributed by atoms with Crippen molar-refractivity contribution in [2.75, 3.05) is 0 Å². The lowest BCUT2D eigenvalue weighted by atomic mass is 10.0. The van der Waals surface area contributed by atoms with Crippen LogP contribution >= 0.6 is 15.9 Å². The lowest BCUT2D eigenvalue weighted by molar-refractivity contribution is 0.180. The minimum atomic E-state index is -0.322. The molecule has 0 spiro atoms. The molecule has 0 radical (unpaired) electrons. The molecule has 2 N–H and O–H groups in total. The van der Waals surface area contributed by atoms with E-state index in [-0.39, 0.29) is 18.0 Å². The molecule has 0 aliphatic rings. The maximum Gasteiger partial charge on any atom is 0.138 e. The van der Waals surface area contributed by atoms with E-state index in [0.717, 1.165) is 10.0 Å². The first kappa shape index (κ1) is 14.0. The predicted molar refractivity (Wildman–Crippen MR) is 77.6 cm³/mol. The highest BCUT2D eigenvalue weighted by atomic mass is 79.9. The van der Waals surface area contributed by atoms with E-state index in [4.69, 9.17) is 10.5 Å². The maximum absolute atomic E-state index is 13.2. The number of hydrogen-bond acceptors (Lipinski definition) is 2. The summed E-state index contributed by atoms with van der Waals surface area (Å²) in [4.78, 5) is 0. The second kappa shape index (κ2) is 6.17. The van der Waals surface area contributed by atoms with Crippen LogP contribution in [-0.4, -0.2) is 6.04 Å². The predicted octanol–water partition coefficient (Wildman–Crippen LogP) is 4.06. The fraction of sp³-hybridized carbons (Fsp3) is 0.200. The van der Waals surface area contributed by atoms with Crippen molar-refractivity contribution >= 4 is 15.9 Å². The number of nitrogens with two attached hydrogens (primary N) is 1. The molecule has 0 heterocycles. The summed E-state index contributed by atoms with van der Waals surface area (Å²) in [5.74, 6) is 0.155. The molecule has 0 saturated carbocycles. The minimum Gasteiger partial charge on any atom is -0.484 e. The van der Waals surface area contributed by atoms with E-state index < -0.39 is 0 Å². The van der Waals surface area contributed by atoms with Gasteiger partial charge < -0.3 is 10.5 Å². The van der Waals surface area contributed by atoms with Gasteiger partial charge in [0, 0.05) is 16.6 Å². The fourth-order valence-electron chi connectivity index (χ4n) is 1.82. The topological polar surface area (TPSA) is 35.2 Å². The molecule has 0 saturated heterocycles. The van der Waals surface area contributed by atoms with E-state index in [0.29, 0.717) is 5.75 Å². The Balaban J connectivity index is 2.23. The zero-order valence-corrected chi connectivity index (χ0v) is 12.1. The van der Waals surface area contributed by atoms with Crippen molar-refractivity contribution in [3.63, 3.8) is 0 Å². The summed E-state index contributed by atoms with van der Waals surface area (Å²) in [6.45, 7) is 1.87. The van der Waals surface area contributed by atoms with Crippen LogP contribution < -0.4 is 10.5 Å². The summed E-state index contributed by atoms with van der Waals surface area (Å²) in [7, 11) is 0. The number of hydrogen-bond donors (Lipinski definition) is 1. The van der Waals surface area contributed by atoms with Gasteiger partial charge in [-0.05, 0) is 36.8 Å². The van der Waals surface area contributed by atoms with Gasteiger partial charge in [0.05, 0.1) is 0 Å². The van der Waals surface area contributed by atoms with Crippen LogP contribution in [-0.2, 0) is 0 Å². The normalized spacial score (nSPS) is 13.9. The number of rotatable bonds is 4. The Kier molecular flexibility index (Phi) is 4.56. The molecule has 0 amide bonds. The lowest BCUT2D eigenvalue weighted by Gasteiger charge is -2.23. The standard InChI is InChI=1S/C15H15BrFNO/c1-10(18)15(11-5-7-12(16)8-6-11)19-14-4-2-3-13(17)9-14/h2-10,15H,18H2,1H3. The van der Waals surface area contributed by atoms with Gasteiger partial charge >= 0.3 is 0 Å². The molecule has 19 heavy (non-hydrogen) atoms. The molecule has 4 heteroatoms. The molecule has 2 unspecified atom stereocenters. The van der Waals surface area contributed by atoms with Crippen LogP contribution in [0.15, 0.2) is 53.0 Å². The molecule has 2 aromatic rings. The highest BCUT2D eigenvalue weighted by Gasteiger charge is 2.18. The average Bonchev–Trinajstić information content (AvgIpc) is 2.37. The van der Waals surface area contributed by atoms with Gasteiger partial charge in [0.25, 0.3) is 0 Å². The molecule has 2 rings (SSSR count). The summed E-state index contributed by atoms with van der Waals surface area (Å²) in [5.41, 5.74) is 6.92. The third kappa shape index (κ3) is 3.78. The van der Waals surface area contributed by atoms with Gasteiger partial charge in [-0.25, -0.2) is 4.39 Å². The van der Waals surface area contributed by atoms with Crippen LogP contribution in [0.4, 0.5) is 4.39 Å². The first-order chi connectivity index (χ1) is 9.06. The van der Waals surface area contributed by atoms with Crippen molar-refractivity contribution in [1.29, 1.82) is 0 Å². The van der Waals surface area contributed by atoms with Gasteiger partial charge in [-0.15, -0.1) is 0 Å². The van der Waals surface area contributed by atoms with Crippen LogP contribution in [0.5, 0.6) is 5.75 Å². The van der Waals surface area contributed by atoms with Crippen LogP contribution in [0.3, 0.4) is 0 Å². The SMILES string of the molecule is CC(N)C(Oc1cccc(F)c1)c1ccc(Br)cc1. The van der Waals surface area contributed by atoms with Gasteiger partial charge in [-0.3, -0.25) is 0 Å². The molecule has 2 aromatic carbocycles. The monoisotopic (exact) mass is 323 g/mol. The van der Waals surface area contributed by atoms with Gasteiger partial charge in [0.2, 0.25) is 0 Å².